The van der Waals surface area contributed by atoms with E-state index in [2.05, 4.69) is 66.2 Å². The van der Waals surface area contributed by atoms with E-state index in [4.69, 9.17) is 9.97 Å². The minimum atomic E-state index is 0.0648. The monoisotopic (exact) mass is 432 g/mol. The second-order valence-corrected chi connectivity index (χ2v) is 9.50. The number of anilines is 3. The van der Waals surface area contributed by atoms with Gasteiger partial charge in [0.25, 0.3) is 0 Å². The van der Waals surface area contributed by atoms with Crippen LogP contribution in [0.4, 0.5) is 17.5 Å². The van der Waals surface area contributed by atoms with Gasteiger partial charge in [-0.15, -0.1) is 0 Å². The first-order valence-electron chi connectivity index (χ1n) is 10.9. The molecule has 8 nitrogen and oxygen atoms in total. The number of nitrogens with zero attached hydrogens (tertiary/aromatic N) is 7. The molecule has 1 aromatic carbocycles. The molecule has 0 aliphatic rings. The van der Waals surface area contributed by atoms with Crippen LogP contribution in [0.3, 0.4) is 0 Å². The standard InChI is InChI=1S/C24H32N8/c1-16-8-9-18(24(2,3)4)12-19(16)27-22-20-21(25-15-31(20)6)28-23(29-22)30(5)11-10-17-13-26-32(7)14-17/h8-9,12-15H,10-11H2,1-7H3,(H,27,28,29). The Hall–Kier alpha value is -3.42. The molecular weight excluding hydrogens is 400 g/mol. The highest BCUT2D eigenvalue weighted by Crippen LogP contribution is 2.31. The number of hydrogen-bond acceptors (Lipinski definition) is 6. The molecule has 0 atom stereocenters. The molecular formula is C24H32N8. The zero-order valence-corrected chi connectivity index (χ0v) is 20.0. The van der Waals surface area contributed by atoms with Crippen LogP contribution in [0.1, 0.15) is 37.5 Å². The first-order valence-corrected chi connectivity index (χ1v) is 10.9. The van der Waals surface area contributed by atoms with Crippen molar-refractivity contribution in [1.29, 1.82) is 0 Å². The van der Waals surface area contributed by atoms with Gasteiger partial charge >= 0.3 is 0 Å². The van der Waals surface area contributed by atoms with Crippen LogP contribution in [0.2, 0.25) is 0 Å². The first-order chi connectivity index (χ1) is 15.1. The second kappa shape index (κ2) is 8.26. The van der Waals surface area contributed by atoms with Gasteiger partial charge in [-0.05, 0) is 41.5 Å². The van der Waals surface area contributed by atoms with E-state index in [-0.39, 0.29) is 5.41 Å². The largest absolute Gasteiger partial charge is 0.343 e. The second-order valence-electron chi connectivity index (χ2n) is 9.50. The molecule has 0 aliphatic heterocycles. The minimum Gasteiger partial charge on any atom is -0.343 e. The van der Waals surface area contributed by atoms with Crippen LogP contribution >= 0.6 is 0 Å². The lowest BCUT2D eigenvalue weighted by molar-refractivity contribution is 0.590. The molecule has 3 heterocycles. The molecule has 168 valence electrons. The van der Waals surface area contributed by atoms with Gasteiger partial charge in [0.15, 0.2) is 11.5 Å². The molecule has 0 saturated carbocycles. The molecule has 0 amide bonds. The SMILES string of the molecule is Cc1ccc(C(C)(C)C)cc1Nc1nc(N(C)CCc2cnn(C)c2)nc2ncn(C)c12. The van der Waals surface area contributed by atoms with Crippen LogP contribution < -0.4 is 10.2 Å². The van der Waals surface area contributed by atoms with Gasteiger partial charge in [-0.1, -0.05) is 32.9 Å². The fraction of sp³-hybridized carbons (Fsp3) is 0.417. The highest BCUT2D eigenvalue weighted by molar-refractivity contribution is 5.87. The Bertz CT molecular complexity index is 1240. The number of rotatable bonds is 6. The van der Waals surface area contributed by atoms with Crippen molar-refractivity contribution < 1.29 is 0 Å². The maximum Gasteiger partial charge on any atom is 0.229 e. The van der Waals surface area contributed by atoms with E-state index in [9.17, 15) is 0 Å². The van der Waals surface area contributed by atoms with Crippen molar-refractivity contribution in [1.82, 2.24) is 29.3 Å². The summed E-state index contributed by atoms with van der Waals surface area (Å²) in [6.07, 6.45) is 6.58. The van der Waals surface area contributed by atoms with Crippen LogP contribution in [0, 0.1) is 6.92 Å². The third kappa shape index (κ3) is 4.44. The molecule has 0 unspecified atom stereocenters. The summed E-state index contributed by atoms with van der Waals surface area (Å²) in [7, 11) is 5.91. The van der Waals surface area contributed by atoms with Gasteiger partial charge in [-0.3, -0.25) is 4.68 Å². The fourth-order valence-electron chi connectivity index (χ4n) is 3.65. The topological polar surface area (TPSA) is 76.7 Å². The van der Waals surface area contributed by atoms with Gasteiger partial charge in [0.2, 0.25) is 5.95 Å². The molecule has 0 radical (unpaired) electrons. The van der Waals surface area contributed by atoms with E-state index < -0.39 is 0 Å². The Labute approximate surface area is 189 Å². The van der Waals surface area contributed by atoms with Crippen molar-refractivity contribution in [3.63, 3.8) is 0 Å². The van der Waals surface area contributed by atoms with Gasteiger partial charge in [-0.2, -0.15) is 15.1 Å². The average Bonchev–Trinajstić information content (AvgIpc) is 3.32. The molecule has 4 rings (SSSR count). The van der Waals surface area contributed by atoms with E-state index >= 15 is 0 Å². The molecule has 0 fully saturated rings. The summed E-state index contributed by atoms with van der Waals surface area (Å²) < 4.78 is 3.78. The summed E-state index contributed by atoms with van der Waals surface area (Å²) in [5.74, 6) is 1.40. The Kier molecular flexibility index (Phi) is 5.62. The molecule has 0 aliphatic carbocycles. The minimum absolute atomic E-state index is 0.0648. The summed E-state index contributed by atoms with van der Waals surface area (Å²) >= 11 is 0. The van der Waals surface area contributed by atoms with Crippen molar-refractivity contribution in [2.45, 2.75) is 39.5 Å². The lowest BCUT2D eigenvalue weighted by Crippen LogP contribution is -2.23. The van der Waals surface area contributed by atoms with Crippen LogP contribution in [0.15, 0.2) is 36.9 Å². The van der Waals surface area contributed by atoms with Crippen LogP contribution in [-0.4, -0.2) is 42.9 Å². The summed E-state index contributed by atoms with van der Waals surface area (Å²) in [5.41, 5.74) is 6.30. The zero-order chi connectivity index (χ0) is 23.0. The first kappa shape index (κ1) is 21.8. The Morgan fingerprint density at radius 2 is 1.91 bits per heavy atom. The number of benzene rings is 1. The molecule has 1 N–H and O–H groups in total. The van der Waals surface area contributed by atoms with Crippen LogP contribution in [-0.2, 0) is 25.9 Å². The highest BCUT2D eigenvalue weighted by Gasteiger charge is 2.18. The number of aromatic nitrogens is 6. The van der Waals surface area contributed by atoms with E-state index in [1.165, 1.54) is 16.7 Å². The van der Waals surface area contributed by atoms with Crippen LogP contribution in [0.5, 0.6) is 0 Å². The van der Waals surface area contributed by atoms with E-state index in [1.807, 2.05) is 42.8 Å². The molecule has 4 aromatic rings. The fourth-order valence-corrected chi connectivity index (χ4v) is 3.65. The number of nitrogens with one attached hydrogen (secondary N) is 1. The lowest BCUT2D eigenvalue weighted by atomic mass is 9.86. The Morgan fingerprint density at radius 3 is 2.59 bits per heavy atom. The molecule has 0 spiro atoms. The molecule has 32 heavy (non-hydrogen) atoms. The van der Waals surface area contributed by atoms with Crippen molar-refractivity contribution >= 4 is 28.6 Å². The third-order valence-corrected chi connectivity index (χ3v) is 5.75. The third-order valence-electron chi connectivity index (χ3n) is 5.75. The Morgan fingerprint density at radius 1 is 1.12 bits per heavy atom. The van der Waals surface area contributed by atoms with Gasteiger partial charge in [0, 0.05) is 39.6 Å². The highest BCUT2D eigenvalue weighted by atomic mass is 15.3. The van der Waals surface area contributed by atoms with Crippen LogP contribution in [0.25, 0.3) is 11.2 Å². The van der Waals surface area contributed by atoms with E-state index in [0.29, 0.717) is 11.6 Å². The van der Waals surface area contributed by atoms with Gasteiger partial charge in [0.1, 0.15) is 5.52 Å². The summed E-state index contributed by atoms with van der Waals surface area (Å²) in [6, 6.07) is 6.56. The van der Waals surface area contributed by atoms with Crippen molar-refractivity contribution in [2.75, 3.05) is 23.8 Å². The molecule has 8 heteroatoms. The summed E-state index contributed by atoms with van der Waals surface area (Å²) in [4.78, 5) is 16.2. The van der Waals surface area contributed by atoms with Gasteiger partial charge in [-0.25, -0.2) is 4.98 Å². The Balaban J connectivity index is 1.67. The normalized spacial score (nSPS) is 11.8. The van der Waals surface area contributed by atoms with Gasteiger partial charge < -0.3 is 14.8 Å². The van der Waals surface area contributed by atoms with Crippen molar-refractivity contribution in [3.8, 4) is 0 Å². The zero-order valence-electron chi connectivity index (χ0n) is 20.0. The van der Waals surface area contributed by atoms with Crippen molar-refractivity contribution in [2.24, 2.45) is 14.1 Å². The van der Waals surface area contributed by atoms with E-state index in [0.717, 1.165) is 30.0 Å². The number of imidazole rings is 1. The molecule has 3 aromatic heterocycles. The average molecular weight is 433 g/mol. The van der Waals surface area contributed by atoms with Gasteiger partial charge in [0.05, 0.1) is 12.5 Å². The summed E-state index contributed by atoms with van der Waals surface area (Å²) in [5, 5.41) is 7.82. The lowest BCUT2D eigenvalue weighted by Gasteiger charge is -2.22. The molecule has 0 saturated heterocycles. The predicted molar refractivity (Wildman–Crippen MR) is 130 cm³/mol. The maximum atomic E-state index is 4.90. The number of fused-ring (bicyclic) bond motifs is 1. The predicted octanol–water partition coefficient (Wildman–Crippen LogP) is 4.13. The number of hydrogen-bond donors (Lipinski definition) is 1. The number of aryl methyl sites for hydroxylation is 3. The molecule has 0 bridgehead atoms. The van der Waals surface area contributed by atoms with Crippen molar-refractivity contribution in [3.05, 3.63) is 53.6 Å². The smallest absolute Gasteiger partial charge is 0.229 e. The maximum absolute atomic E-state index is 4.90. The quantitative estimate of drug-likeness (QED) is 0.494. The number of likely N-dealkylation sites (N-methyl/N-ethyl adjacent to an activating group) is 1. The van der Waals surface area contributed by atoms with E-state index in [1.54, 1.807) is 6.33 Å². The summed E-state index contributed by atoms with van der Waals surface area (Å²) in [6.45, 7) is 9.56.